The largest absolute Gasteiger partial charge is 0.494 e. The summed E-state index contributed by atoms with van der Waals surface area (Å²) in [5, 5.41) is 8.23. The zero-order valence-corrected chi connectivity index (χ0v) is 26.4. The third-order valence-electron chi connectivity index (χ3n) is 9.35. The summed E-state index contributed by atoms with van der Waals surface area (Å²) in [6.45, 7) is 7.62. The molecule has 11 nitrogen and oxygen atoms in total. The Bertz CT molecular complexity index is 1620. The van der Waals surface area contributed by atoms with Crippen LogP contribution in [0.3, 0.4) is 0 Å². The standard InChI is InChI=1S/C33H37ClFN7O4/c1-3-33(43)39-26-14-27(30(44-2)15-29(26)40-9-6-21(7-10-40)41-17-23-13-22(41)18-45-23)38-31-16-32(37-19-36-31)42-28(8-11-46-42)24-5-4-20(34)12-25(24)35/h3-5,12,14-16,19,21-23,28H,1,6-11,13,17-18H2,2H3,(H,39,43)(H,36,37,38)/t22-,23-,28-/m1/s1. The van der Waals surface area contributed by atoms with Crippen LogP contribution in [0.1, 0.15) is 37.3 Å². The average Bonchev–Trinajstić information content (AvgIpc) is 3.84. The number of benzene rings is 2. The SMILES string of the molecule is C=CC(=O)Nc1cc(Nc2cc(N3OCC[C@@H]3c3ccc(Cl)cc3F)ncn2)c(OC)cc1N1CCC(N2C[C@H]3C[C@@H]2CO3)CC1. The first-order valence-corrected chi connectivity index (χ1v) is 16.0. The van der Waals surface area contributed by atoms with E-state index in [1.807, 2.05) is 12.1 Å². The van der Waals surface area contributed by atoms with E-state index in [0.29, 0.717) is 70.6 Å². The topological polar surface area (TPSA) is 104 Å². The van der Waals surface area contributed by atoms with Crippen LogP contribution in [0.4, 0.5) is 33.1 Å². The maximum absolute atomic E-state index is 14.8. The van der Waals surface area contributed by atoms with Gasteiger partial charge in [-0.15, -0.1) is 0 Å². The van der Waals surface area contributed by atoms with E-state index >= 15 is 0 Å². The summed E-state index contributed by atoms with van der Waals surface area (Å²) in [6.07, 6.45) is 6.84. The summed E-state index contributed by atoms with van der Waals surface area (Å²) in [6, 6.07) is 10.8. The Balaban J connectivity index is 1.12. The van der Waals surface area contributed by atoms with Gasteiger partial charge in [0, 0.05) is 60.9 Å². The Morgan fingerprint density at radius 1 is 1.13 bits per heavy atom. The van der Waals surface area contributed by atoms with Crippen LogP contribution in [0.15, 0.2) is 55.4 Å². The molecular weight excluding hydrogens is 613 g/mol. The van der Waals surface area contributed by atoms with Crippen LogP contribution < -0.4 is 25.3 Å². The van der Waals surface area contributed by atoms with Crippen molar-refractivity contribution in [2.75, 3.05) is 60.6 Å². The molecule has 2 bridgehead atoms. The highest BCUT2D eigenvalue weighted by Gasteiger charge is 2.43. The number of hydrogen-bond acceptors (Lipinski definition) is 10. The van der Waals surface area contributed by atoms with Crippen LogP contribution >= 0.6 is 11.6 Å². The molecule has 1 amide bonds. The van der Waals surface area contributed by atoms with Crippen molar-refractivity contribution in [3.63, 3.8) is 0 Å². The molecule has 2 N–H and O–H groups in total. The van der Waals surface area contributed by atoms with Gasteiger partial charge in [0.15, 0.2) is 5.82 Å². The number of rotatable bonds is 9. The van der Waals surface area contributed by atoms with E-state index in [1.165, 1.54) is 18.5 Å². The first-order valence-electron chi connectivity index (χ1n) is 15.6. The molecule has 5 heterocycles. The molecule has 46 heavy (non-hydrogen) atoms. The molecule has 1 aromatic heterocycles. The molecule has 0 radical (unpaired) electrons. The molecule has 0 saturated carbocycles. The lowest BCUT2D eigenvalue weighted by molar-refractivity contribution is -0.111. The van der Waals surface area contributed by atoms with E-state index < -0.39 is 5.82 Å². The number of aromatic nitrogens is 2. The van der Waals surface area contributed by atoms with Crippen LogP contribution in [0.25, 0.3) is 0 Å². The summed E-state index contributed by atoms with van der Waals surface area (Å²) >= 11 is 5.98. The number of ether oxygens (including phenoxy) is 2. The van der Waals surface area contributed by atoms with Gasteiger partial charge in [-0.25, -0.2) is 19.4 Å². The van der Waals surface area contributed by atoms with E-state index in [0.717, 1.165) is 51.2 Å². The van der Waals surface area contributed by atoms with Crippen molar-refractivity contribution < 1.29 is 23.5 Å². The van der Waals surface area contributed by atoms with Crippen LogP contribution in [-0.4, -0.2) is 78.9 Å². The van der Waals surface area contributed by atoms with Crippen molar-refractivity contribution in [3.8, 4) is 5.75 Å². The van der Waals surface area contributed by atoms with Gasteiger partial charge in [-0.2, -0.15) is 0 Å². The molecule has 242 valence electrons. The first-order chi connectivity index (χ1) is 22.4. The molecule has 4 aliphatic rings. The van der Waals surface area contributed by atoms with Crippen LogP contribution in [0.2, 0.25) is 5.02 Å². The van der Waals surface area contributed by atoms with Gasteiger partial charge in [-0.05, 0) is 43.5 Å². The number of likely N-dealkylation sites (tertiary alicyclic amines) is 1. The van der Waals surface area contributed by atoms with E-state index in [4.69, 9.17) is 25.9 Å². The fourth-order valence-corrected chi connectivity index (χ4v) is 7.28. The van der Waals surface area contributed by atoms with Crippen LogP contribution in [0, 0.1) is 5.82 Å². The molecule has 4 saturated heterocycles. The number of hydroxylamine groups is 1. The number of anilines is 5. The third-order valence-corrected chi connectivity index (χ3v) is 9.58. The number of nitrogens with zero attached hydrogens (tertiary/aromatic N) is 5. The van der Waals surface area contributed by atoms with Crippen LogP contribution in [-0.2, 0) is 14.4 Å². The third kappa shape index (κ3) is 6.09. The molecular formula is C33H37ClFN7O4. The number of nitrogens with one attached hydrogen (secondary N) is 2. The number of carbonyl (C=O) groups excluding carboxylic acids is 1. The summed E-state index contributed by atoms with van der Waals surface area (Å²) in [4.78, 5) is 32.2. The molecule has 0 aliphatic carbocycles. The Hall–Kier alpha value is -3.97. The van der Waals surface area contributed by atoms with E-state index in [-0.39, 0.29) is 11.9 Å². The smallest absolute Gasteiger partial charge is 0.247 e. The lowest BCUT2D eigenvalue weighted by Gasteiger charge is -2.41. The molecule has 4 aliphatic heterocycles. The molecule has 3 atom stereocenters. The lowest BCUT2D eigenvalue weighted by atomic mass is 10.0. The second kappa shape index (κ2) is 13.0. The summed E-state index contributed by atoms with van der Waals surface area (Å²) in [5.74, 6) is 0.803. The summed E-state index contributed by atoms with van der Waals surface area (Å²) in [7, 11) is 1.61. The number of carbonyl (C=O) groups is 1. The molecule has 13 heteroatoms. The van der Waals surface area contributed by atoms with Gasteiger partial charge in [0.1, 0.15) is 23.7 Å². The number of piperidine rings is 1. The van der Waals surface area contributed by atoms with Crippen molar-refractivity contribution in [2.24, 2.45) is 0 Å². The highest BCUT2D eigenvalue weighted by atomic mass is 35.5. The fourth-order valence-electron chi connectivity index (χ4n) is 7.12. The second-order valence-electron chi connectivity index (χ2n) is 12.0. The van der Waals surface area contributed by atoms with Gasteiger partial charge >= 0.3 is 0 Å². The average molecular weight is 650 g/mol. The first kappa shape index (κ1) is 30.7. The Labute approximate surface area is 272 Å². The number of hydrogen-bond donors (Lipinski definition) is 2. The van der Waals surface area contributed by atoms with Gasteiger partial charge in [0.25, 0.3) is 0 Å². The Morgan fingerprint density at radius 2 is 1.98 bits per heavy atom. The molecule has 7 rings (SSSR count). The van der Waals surface area contributed by atoms with E-state index in [1.54, 1.807) is 30.4 Å². The zero-order valence-electron chi connectivity index (χ0n) is 25.6. The summed E-state index contributed by atoms with van der Waals surface area (Å²) in [5.41, 5.74) is 2.58. The second-order valence-corrected chi connectivity index (χ2v) is 12.5. The predicted octanol–water partition coefficient (Wildman–Crippen LogP) is 5.47. The minimum absolute atomic E-state index is 0.309. The minimum Gasteiger partial charge on any atom is -0.494 e. The quantitative estimate of drug-likeness (QED) is 0.290. The van der Waals surface area contributed by atoms with Crippen molar-refractivity contribution >= 4 is 46.2 Å². The van der Waals surface area contributed by atoms with Crippen molar-refractivity contribution in [2.45, 2.75) is 49.9 Å². The van der Waals surface area contributed by atoms with Gasteiger partial charge in [-0.3, -0.25) is 14.5 Å². The minimum atomic E-state index is -0.402. The zero-order chi connectivity index (χ0) is 31.8. The monoisotopic (exact) mass is 649 g/mol. The molecule has 2 aromatic carbocycles. The van der Waals surface area contributed by atoms with Gasteiger partial charge < -0.3 is 25.0 Å². The van der Waals surface area contributed by atoms with Gasteiger partial charge in [0.05, 0.1) is 49.5 Å². The van der Waals surface area contributed by atoms with Crippen molar-refractivity contribution in [1.82, 2.24) is 14.9 Å². The molecule has 3 aromatic rings. The van der Waals surface area contributed by atoms with Gasteiger partial charge in [-0.1, -0.05) is 24.2 Å². The van der Waals surface area contributed by atoms with E-state index in [2.05, 4.69) is 37.0 Å². The number of methoxy groups -OCH3 is 1. The molecule has 0 unspecified atom stereocenters. The Kier molecular flexibility index (Phi) is 8.69. The summed E-state index contributed by atoms with van der Waals surface area (Å²) < 4.78 is 26.5. The number of halogens is 2. The number of morpholine rings is 1. The highest BCUT2D eigenvalue weighted by molar-refractivity contribution is 6.30. The normalized spacial score (nSPS) is 23.2. The lowest BCUT2D eigenvalue weighted by Crippen LogP contribution is -2.49. The Morgan fingerprint density at radius 3 is 2.70 bits per heavy atom. The fraction of sp³-hybridized carbons (Fsp3) is 0.424. The van der Waals surface area contributed by atoms with Gasteiger partial charge in [0.2, 0.25) is 5.91 Å². The predicted molar refractivity (Wildman–Crippen MR) is 174 cm³/mol. The molecule has 0 spiro atoms. The molecule has 4 fully saturated rings. The van der Waals surface area contributed by atoms with Crippen LogP contribution in [0.5, 0.6) is 5.75 Å². The number of amides is 1. The maximum atomic E-state index is 14.8. The van der Waals surface area contributed by atoms with Crippen molar-refractivity contribution in [3.05, 3.63) is 71.8 Å². The maximum Gasteiger partial charge on any atom is 0.247 e. The number of fused-ring (bicyclic) bond motifs is 2. The van der Waals surface area contributed by atoms with Crippen molar-refractivity contribution in [1.29, 1.82) is 0 Å². The van der Waals surface area contributed by atoms with E-state index in [9.17, 15) is 9.18 Å². The highest BCUT2D eigenvalue weighted by Crippen LogP contribution is 2.41.